The minimum absolute atomic E-state index is 0.0369. The van der Waals surface area contributed by atoms with E-state index in [2.05, 4.69) is 31.4 Å². The number of carbonyl (C=O) groups is 1. The second-order valence-corrected chi connectivity index (χ2v) is 9.21. The molecule has 1 aromatic heterocycles. The molecule has 3 rings (SSSR count). The summed E-state index contributed by atoms with van der Waals surface area (Å²) in [7, 11) is 0. The molecule has 1 amide bonds. The Morgan fingerprint density at radius 2 is 1.77 bits per heavy atom. The van der Waals surface area contributed by atoms with E-state index in [1.165, 1.54) is 24.3 Å². The SMILES string of the molecule is CC(C)(C)OC(=O)NC(C)(Cc1ccc(F)cc1)c1nnc(-c2cc(Br)ccc2F)o1. The molecule has 164 valence electrons. The zero-order valence-electron chi connectivity index (χ0n) is 17.5. The number of halogens is 3. The van der Waals surface area contributed by atoms with Gasteiger partial charge >= 0.3 is 6.09 Å². The molecule has 1 unspecified atom stereocenters. The molecule has 0 bridgehead atoms. The van der Waals surface area contributed by atoms with Gasteiger partial charge in [-0.1, -0.05) is 28.1 Å². The van der Waals surface area contributed by atoms with Crippen LogP contribution in [0, 0.1) is 11.6 Å². The van der Waals surface area contributed by atoms with Crippen LogP contribution in [-0.2, 0) is 16.7 Å². The molecule has 3 aromatic rings. The summed E-state index contributed by atoms with van der Waals surface area (Å²) in [4.78, 5) is 12.5. The van der Waals surface area contributed by atoms with Gasteiger partial charge in [0.25, 0.3) is 5.89 Å². The Kier molecular flexibility index (Phi) is 6.45. The molecule has 1 heterocycles. The van der Waals surface area contributed by atoms with Crippen LogP contribution in [0.5, 0.6) is 0 Å². The summed E-state index contributed by atoms with van der Waals surface area (Å²) in [6, 6.07) is 10.2. The van der Waals surface area contributed by atoms with Gasteiger partial charge < -0.3 is 14.5 Å². The van der Waals surface area contributed by atoms with Crippen molar-refractivity contribution in [1.82, 2.24) is 15.5 Å². The van der Waals surface area contributed by atoms with Crippen LogP contribution in [-0.4, -0.2) is 21.9 Å². The van der Waals surface area contributed by atoms with Crippen LogP contribution in [0.2, 0.25) is 0 Å². The summed E-state index contributed by atoms with van der Waals surface area (Å²) < 4.78 is 39.4. The first-order chi connectivity index (χ1) is 14.4. The van der Waals surface area contributed by atoms with Crippen molar-refractivity contribution < 1.29 is 22.7 Å². The van der Waals surface area contributed by atoms with Crippen molar-refractivity contribution in [2.45, 2.75) is 45.3 Å². The van der Waals surface area contributed by atoms with Crippen molar-refractivity contribution in [2.75, 3.05) is 0 Å². The molecule has 1 N–H and O–H groups in total. The van der Waals surface area contributed by atoms with Gasteiger partial charge in [-0.15, -0.1) is 10.2 Å². The number of amides is 1. The molecule has 0 fully saturated rings. The number of carbonyl (C=O) groups excluding carboxylic acids is 1. The van der Waals surface area contributed by atoms with Gasteiger partial charge in [0.15, 0.2) is 0 Å². The number of benzene rings is 2. The first-order valence-corrected chi connectivity index (χ1v) is 10.3. The van der Waals surface area contributed by atoms with Crippen LogP contribution in [0.4, 0.5) is 13.6 Å². The highest BCUT2D eigenvalue weighted by Gasteiger charge is 2.37. The summed E-state index contributed by atoms with van der Waals surface area (Å²) in [5, 5.41) is 10.8. The van der Waals surface area contributed by atoms with E-state index in [1.54, 1.807) is 45.9 Å². The van der Waals surface area contributed by atoms with Gasteiger partial charge in [0, 0.05) is 10.9 Å². The lowest BCUT2D eigenvalue weighted by molar-refractivity contribution is 0.0443. The molecular weight excluding hydrogens is 472 g/mol. The average Bonchev–Trinajstić information content (AvgIpc) is 3.15. The number of hydrogen-bond acceptors (Lipinski definition) is 5. The fourth-order valence-corrected chi connectivity index (χ4v) is 3.29. The van der Waals surface area contributed by atoms with E-state index in [4.69, 9.17) is 9.15 Å². The number of alkyl carbamates (subject to hydrolysis) is 1. The number of ether oxygens (including phenoxy) is 1. The molecule has 0 aliphatic heterocycles. The minimum atomic E-state index is -1.20. The van der Waals surface area contributed by atoms with Gasteiger partial charge in [0.2, 0.25) is 5.89 Å². The highest BCUT2D eigenvalue weighted by atomic mass is 79.9. The summed E-state index contributed by atoms with van der Waals surface area (Å²) in [6.07, 6.45) is -0.486. The van der Waals surface area contributed by atoms with Crippen LogP contribution < -0.4 is 5.32 Å². The van der Waals surface area contributed by atoms with Crippen molar-refractivity contribution in [1.29, 1.82) is 0 Å². The monoisotopic (exact) mass is 493 g/mol. The fourth-order valence-electron chi connectivity index (χ4n) is 2.93. The Hall–Kier alpha value is -2.81. The minimum Gasteiger partial charge on any atom is -0.444 e. The van der Waals surface area contributed by atoms with Crippen molar-refractivity contribution in [3.8, 4) is 11.5 Å². The third-order valence-corrected chi connectivity index (χ3v) is 4.80. The Bertz CT molecular complexity index is 1080. The van der Waals surface area contributed by atoms with Gasteiger partial charge in [-0.05, 0) is 63.6 Å². The van der Waals surface area contributed by atoms with Gasteiger partial charge in [-0.3, -0.25) is 0 Å². The van der Waals surface area contributed by atoms with Crippen LogP contribution >= 0.6 is 15.9 Å². The summed E-state index contributed by atoms with van der Waals surface area (Å²) in [6.45, 7) is 6.90. The largest absolute Gasteiger partial charge is 0.444 e. The van der Waals surface area contributed by atoms with Crippen molar-refractivity contribution >= 4 is 22.0 Å². The molecule has 31 heavy (non-hydrogen) atoms. The molecule has 9 heteroatoms. The van der Waals surface area contributed by atoms with E-state index < -0.39 is 23.1 Å². The maximum Gasteiger partial charge on any atom is 0.408 e. The van der Waals surface area contributed by atoms with E-state index in [-0.39, 0.29) is 29.6 Å². The number of hydrogen-bond donors (Lipinski definition) is 1. The molecule has 0 saturated heterocycles. The smallest absolute Gasteiger partial charge is 0.408 e. The van der Waals surface area contributed by atoms with E-state index in [9.17, 15) is 13.6 Å². The summed E-state index contributed by atoms with van der Waals surface area (Å²) in [5.74, 6) is -0.892. The lowest BCUT2D eigenvalue weighted by Gasteiger charge is -2.29. The maximum absolute atomic E-state index is 14.3. The van der Waals surface area contributed by atoms with Crippen molar-refractivity contribution in [3.05, 3.63) is 70.0 Å². The second kappa shape index (κ2) is 8.74. The van der Waals surface area contributed by atoms with Gasteiger partial charge in [0.1, 0.15) is 22.8 Å². The Morgan fingerprint density at radius 3 is 2.42 bits per heavy atom. The van der Waals surface area contributed by atoms with Crippen LogP contribution in [0.15, 0.2) is 51.4 Å². The van der Waals surface area contributed by atoms with Crippen LogP contribution in [0.1, 0.15) is 39.1 Å². The molecule has 1 atom stereocenters. The first-order valence-electron chi connectivity index (χ1n) is 9.50. The average molecular weight is 494 g/mol. The highest BCUT2D eigenvalue weighted by molar-refractivity contribution is 9.10. The molecule has 0 spiro atoms. The quantitative estimate of drug-likeness (QED) is 0.488. The third kappa shape index (κ3) is 5.88. The van der Waals surface area contributed by atoms with E-state index in [0.29, 0.717) is 10.0 Å². The number of rotatable bonds is 5. The Morgan fingerprint density at radius 1 is 1.10 bits per heavy atom. The van der Waals surface area contributed by atoms with Crippen molar-refractivity contribution in [2.24, 2.45) is 0 Å². The molecule has 2 aromatic carbocycles. The van der Waals surface area contributed by atoms with Gasteiger partial charge in [-0.2, -0.15) is 0 Å². The molecule has 0 radical (unpaired) electrons. The predicted molar refractivity (Wildman–Crippen MR) is 114 cm³/mol. The van der Waals surface area contributed by atoms with E-state index in [1.807, 2.05) is 0 Å². The molecular formula is C22H22BrF2N3O3. The second-order valence-electron chi connectivity index (χ2n) is 8.30. The Labute approximate surface area is 187 Å². The van der Waals surface area contributed by atoms with Crippen molar-refractivity contribution in [3.63, 3.8) is 0 Å². The fraction of sp³-hybridized carbons (Fsp3) is 0.318. The van der Waals surface area contributed by atoms with E-state index in [0.717, 1.165) is 0 Å². The maximum atomic E-state index is 14.3. The topological polar surface area (TPSA) is 77.2 Å². The number of nitrogens with zero attached hydrogens (tertiary/aromatic N) is 2. The highest BCUT2D eigenvalue weighted by Crippen LogP contribution is 2.30. The normalized spacial score (nSPS) is 13.5. The lowest BCUT2D eigenvalue weighted by atomic mass is 9.92. The predicted octanol–water partition coefficient (Wildman–Crippen LogP) is 5.76. The van der Waals surface area contributed by atoms with Crippen LogP contribution in [0.3, 0.4) is 0 Å². The molecule has 0 saturated carbocycles. The lowest BCUT2D eigenvalue weighted by Crippen LogP contribution is -2.47. The zero-order valence-corrected chi connectivity index (χ0v) is 19.1. The molecule has 0 aliphatic carbocycles. The summed E-state index contributed by atoms with van der Waals surface area (Å²) >= 11 is 3.29. The molecule has 6 nitrogen and oxygen atoms in total. The first kappa shape index (κ1) is 22.9. The van der Waals surface area contributed by atoms with E-state index >= 15 is 0 Å². The van der Waals surface area contributed by atoms with Gasteiger partial charge in [-0.25, -0.2) is 13.6 Å². The standard InChI is InChI=1S/C22H22BrF2N3O3/c1-21(2,3)31-20(29)26-22(4,12-13-5-8-15(24)9-6-13)19-28-27-18(30-19)16-11-14(23)7-10-17(16)25/h5-11H,12H2,1-4H3,(H,26,29). The third-order valence-electron chi connectivity index (χ3n) is 4.30. The van der Waals surface area contributed by atoms with Crippen LogP contribution in [0.25, 0.3) is 11.5 Å². The van der Waals surface area contributed by atoms with Gasteiger partial charge in [0.05, 0.1) is 5.56 Å². The number of nitrogens with one attached hydrogen (secondary N) is 1. The molecule has 0 aliphatic rings. The Balaban J connectivity index is 1.97. The summed E-state index contributed by atoms with van der Waals surface area (Å²) in [5.41, 5.74) is -1.09. The number of aromatic nitrogens is 2. The zero-order chi connectivity index (χ0) is 22.8.